The number of nitrogens with one attached hydrogen (secondary N) is 3. The van der Waals surface area contributed by atoms with E-state index in [1.165, 1.54) is 0 Å². The number of nitrogens with two attached hydrogens (primary N) is 1. The third-order valence-electron chi connectivity index (χ3n) is 4.46. The van der Waals surface area contributed by atoms with Crippen molar-refractivity contribution in [2.75, 3.05) is 13.1 Å². The van der Waals surface area contributed by atoms with E-state index >= 15 is 0 Å². The molecule has 6 heteroatoms. The monoisotopic (exact) mass is 346 g/mol. The molecule has 2 aromatic heterocycles. The van der Waals surface area contributed by atoms with Gasteiger partial charge in [0.05, 0.1) is 5.39 Å². The van der Waals surface area contributed by atoms with E-state index < -0.39 is 0 Å². The fraction of sp³-hybridized carbons (Fsp3) is 0.100. The molecule has 0 spiro atoms. The maximum atomic E-state index is 12.6. The molecule has 0 fully saturated rings. The van der Waals surface area contributed by atoms with Gasteiger partial charge in [0, 0.05) is 36.7 Å². The number of carbonyl (C=O) groups is 1. The number of aromatic nitrogens is 2. The second-order valence-electron chi connectivity index (χ2n) is 6.08. The Kier molecular flexibility index (Phi) is 4.02. The highest BCUT2D eigenvalue weighted by molar-refractivity contribution is 6.17. The first-order valence-electron chi connectivity index (χ1n) is 8.39. The molecule has 0 saturated heterocycles. The number of fused-ring (bicyclic) bond motifs is 3. The smallest absolute Gasteiger partial charge is 0.256 e. The molecule has 0 aliphatic heterocycles. The number of benzene rings is 2. The fourth-order valence-electron chi connectivity index (χ4n) is 3.26. The summed E-state index contributed by atoms with van der Waals surface area (Å²) in [5, 5.41) is 5.59. The van der Waals surface area contributed by atoms with Crippen LogP contribution < -0.4 is 16.6 Å². The van der Waals surface area contributed by atoms with E-state index in [4.69, 9.17) is 5.73 Å². The van der Waals surface area contributed by atoms with Gasteiger partial charge in [0.2, 0.25) is 0 Å². The minimum Gasteiger partial charge on any atom is -0.361 e. The topological polar surface area (TPSA) is 104 Å². The van der Waals surface area contributed by atoms with Crippen LogP contribution in [0.5, 0.6) is 0 Å². The molecule has 6 nitrogen and oxygen atoms in total. The molecule has 0 unspecified atom stereocenters. The predicted octanol–water partition coefficient (Wildman–Crippen LogP) is 2.36. The minimum absolute atomic E-state index is 0.176. The van der Waals surface area contributed by atoms with E-state index in [2.05, 4.69) is 15.3 Å². The molecule has 0 bridgehead atoms. The predicted molar refractivity (Wildman–Crippen MR) is 103 cm³/mol. The van der Waals surface area contributed by atoms with Crippen molar-refractivity contribution in [1.82, 2.24) is 15.3 Å². The van der Waals surface area contributed by atoms with Crippen molar-refractivity contribution in [3.05, 3.63) is 70.8 Å². The summed E-state index contributed by atoms with van der Waals surface area (Å²) >= 11 is 0. The summed E-state index contributed by atoms with van der Waals surface area (Å²) in [7, 11) is 0. The summed E-state index contributed by atoms with van der Waals surface area (Å²) in [4.78, 5) is 31.0. The van der Waals surface area contributed by atoms with E-state index in [0.717, 1.165) is 27.4 Å². The molecular weight excluding hydrogens is 328 g/mol. The zero-order valence-corrected chi connectivity index (χ0v) is 14.0. The van der Waals surface area contributed by atoms with Gasteiger partial charge in [-0.15, -0.1) is 0 Å². The molecule has 0 radical (unpaired) electrons. The Balaban J connectivity index is 2.04. The summed E-state index contributed by atoms with van der Waals surface area (Å²) in [6, 6.07) is 13.2. The SMILES string of the molecule is NCCNC(=O)c1cc2cc[nH]c(=O)c2c2cc(-c3ccc[nH]3)ccc12. The lowest BCUT2D eigenvalue weighted by Gasteiger charge is -2.11. The molecule has 2 aromatic carbocycles. The number of hydrogen-bond acceptors (Lipinski definition) is 3. The van der Waals surface area contributed by atoms with Crippen LogP contribution in [0.4, 0.5) is 0 Å². The lowest BCUT2D eigenvalue weighted by atomic mass is 9.95. The van der Waals surface area contributed by atoms with Gasteiger partial charge in [-0.25, -0.2) is 0 Å². The van der Waals surface area contributed by atoms with Crippen LogP contribution in [-0.4, -0.2) is 29.0 Å². The molecule has 2 heterocycles. The highest BCUT2D eigenvalue weighted by Gasteiger charge is 2.15. The molecule has 0 atom stereocenters. The van der Waals surface area contributed by atoms with E-state index in [9.17, 15) is 9.59 Å². The largest absolute Gasteiger partial charge is 0.361 e. The fourth-order valence-corrected chi connectivity index (χ4v) is 3.26. The Labute approximate surface area is 149 Å². The van der Waals surface area contributed by atoms with E-state index in [0.29, 0.717) is 24.0 Å². The number of aromatic amines is 2. The zero-order valence-electron chi connectivity index (χ0n) is 14.0. The van der Waals surface area contributed by atoms with Gasteiger partial charge in [0.1, 0.15) is 0 Å². The highest BCUT2D eigenvalue weighted by atomic mass is 16.1. The average molecular weight is 346 g/mol. The van der Waals surface area contributed by atoms with Gasteiger partial charge in [-0.2, -0.15) is 0 Å². The standard InChI is InChI=1S/C20H18N4O2/c21-6-9-24-19(25)16-11-13-5-8-23-20(26)18(13)15-10-12(3-4-14(15)16)17-2-1-7-22-17/h1-5,7-8,10-11,22H,6,9,21H2,(H,23,26)(H,24,25). The Bertz CT molecular complexity index is 1160. The molecule has 0 aliphatic rings. The Morgan fingerprint density at radius 1 is 1.04 bits per heavy atom. The second kappa shape index (κ2) is 6.50. The van der Waals surface area contributed by atoms with Crippen molar-refractivity contribution < 1.29 is 4.79 Å². The van der Waals surface area contributed by atoms with E-state index in [1.54, 1.807) is 18.3 Å². The number of H-pyrrole nitrogens is 2. The van der Waals surface area contributed by atoms with Crippen LogP contribution in [-0.2, 0) is 0 Å². The third-order valence-corrected chi connectivity index (χ3v) is 4.46. The first-order chi connectivity index (χ1) is 12.7. The number of carbonyl (C=O) groups excluding carboxylic acids is 1. The Hall–Kier alpha value is -3.38. The van der Waals surface area contributed by atoms with Crippen LogP contribution in [0.1, 0.15) is 10.4 Å². The number of rotatable bonds is 4. The van der Waals surface area contributed by atoms with Crippen LogP contribution in [0.15, 0.2) is 59.7 Å². The quantitative estimate of drug-likeness (QED) is 0.426. The second-order valence-corrected chi connectivity index (χ2v) is 6.08. The Morgan fingerprint density at radius 3 is 2.69 bits per heavy atom. The summed E-state index contributed by atoms with van der Waals surface area (Å²) in [6.07, 6.45) is 3.44. The van der Waals surface area contributed by atoms with Gasteiger partial charge < -0.3 is 21.0 Å². The third kappa shape index (κ3) is 2.66. The van der Waals surface area contributed by atoms with Crippen LogP contribution in [0.2, 0.25) is 0 Å². The van der Waals surface area contributed by atoms with Crippen LogP contribution in [0, 0.1) is 0 Å². The van der Waals surface area contributed by atoms with Gasteiger partial charge in [-0.3, -0.25) is 9.59 Å². The average Bonchev–Trinajstić information content (AvgIpc) is 3.19. The summed E-state index contributed by atoms with van der Waals surface area (Å²) < 4.78 is 0. The van der Waals surface area contributed by atoms with Crippen molar-refractivity contribution in [3.63, 3.8) is 0 Å². The molecule has 4 aromatic rings. The number of amides is 1. The van der Waals surface area contributed by atoms with Crippen LogP contribution in [0.25, 0.3) is 32.8 Å². The summed E-state index contributed by atoms with van der Waals surface area (Å²) in [5.74, 6) is -0.199. The lowest BCUT2D eigenvalue weighted by Crippen LogP contribution is -2.29. The minimum atomic E-state index is -0.199. The molecule has 4 rings (SSSR count). The molecule has 0 saturated carbocycles. The first kappa shape index (κ1) is 16.1. The number of hydrogen-bond donors (Lipinski definition) is 4. The lowest BCUT2D eigenvalue weighted by molar-refractivity contribution is 0.0956. The molecule has 5 N–H and O–H groups in total. The van der Waals surface area contributed by atoms with Crippen LogP contribution >= 0.6 is 0 Å². The summed E-state index contributed by atoms with van der Waals surface area (Å²) in [6.45, 7) is 0.766. The van der Waals surface area contributed by atoms with Gasteiger partial charge in [-0.1, -0.05) is 12.1 Å². The molecule has 26 heavy (non-hydrogen) atoms. The Morgan fingerprint density at radius 2 is 1.92 bits per heavy atom. The van der Waals surface area contributed by atoms with Crippen LogP contribution in [0.3, 0.4) is 0 Å². The van der Waals surface area contributed by atoms with E-state index in [-0.39, 0.29) is 11.5 Å². The zero-order chi connectivity index (χ0) is 18.1. The van der Waals surface area contributed by atoms with Crippen molar-refractivity contribution in [2.24, 2.45) is 5.73 Å². The maximum Gasteiger partial charge on any atom is 0.256 e. The highest BCUT2D eigenvalue weighted by Crippen LogP contribution is 2.30. The van der Waals surface area contributed by atoms with Crippen molar-refractivity contribution in [1.29, 1.82) is 0 Å². The van der Waals surface area contributed by atoms with Crippen molar-refractivity contribution >= 4 is 27.5 Å². The maximum absolute atomic E-state index is 12.6. The first-order valence-corrected chi connectivity index (χ1v) is 8.39. The molecule has 1 amide bonds. The van der Waals surface area contributed by atoms with Gasteiger partial charge in [-0.05, 0) is 52.1 Å². The normalized spacial score (nSPS) is 11.1. The molecule has 130 valence electrons. The molecule has 0 aliphatic carbocycles. The van der Waals surface area contributed by atoms with Gasteiger partial charge in [0.25, 0.3) is 11.5 Å². The van der Waals surface area contributed by atoms with Gasteiger partial charge in [0.15, 0.2) is 0 Å². The number of pyridine rings is 1. The van der Waals surface area contributed by atoms with Crippen molar-refractivity contribution in [3.8, 4) is 11.3 Å². The van der Waals surface area contributed by atoms with Crippen molar-refractivity contribution in [2.45, 2.75) is 0 Å². The van der Waals surface area contributed by atoms with Gasteiger partial charge >= 0.3 is 0 Å². The summed E-state index contributed by atoms with van der Waals surface area (Å²) in [5.41, 5.74) is 7.74. The van der Waals surface area contributed by atoms with E-state index in [1.807, 2.05) is 36.5 Å². The molecular formula is C20H18N4O2.